The van der Waals surface area contributed by atoms with Gasteiger partial charge in [-0.1, -0.05) is 121 Å². The number of fused-ring (bicyclic) bond motifs is 8. The molecule has 0 unspecified atom stereocenters. The summed E-state index contributed by atoms with van der Waals surface area (Å²) in [6, 6.07) is 56.6. The minimum absolute atomic E-state index is 0.173. The van der Waals surface area contributed by atoms with Crippen LogP contribution in [0.5, 0.6) is 0 Å². The lowest BCUT2D eigenvalue weighted by molar-refractivity contribution is 1.30. The lowest BCUT2D eigenvalue weighted by Gasteiger charge is -2.47. The molecule has 4 aliphatic rings. The molecule has 7 aromatic carbocycles. The molecule has 11 rings (SSSR count). The normalized spacial score (nSPS) is 14.1. The Hall–Kier alpha value is -4.83. The smallest absolute Gasteiger partial charge is 0.286 e. The van der Waals surface area contributed by atoms with Gasteiger partial charge in [0.25, 0.3) is 12.0 Å². The lowest BCUT2D eigenvalue weighted by atomic mass is 9.47. The van der Waals surface area contributed by atoms with Gasteiger partial charge < -0.3 is 4.90 Å². The van der Waals surface area contributed by atoms with Crippen LogP contribution in [0.3, 0.4) is 0 Å². The van der Waals surface area contributed by atoms with E-state index in [1.54, 1.807) is 0 Å². The summed E-state index contributed by atoms with van der Waals surface area (Å²) in [6.45, 7) is 0. The van der Waals surface area contributed by atoms with Crippen molar-refractivity contribution in [3.8, 4) is 44.5 Å². The highest BCUT2D eigenvalue weighted by atomic mass is 32.2. The zero-order chi connectivity index (χ0) is 30.6. The molecular formula is C42H25B2NS2. The van der Waals surface area contributed by atoms with Crippen LogP contribution in [0.15, 0.2) is 161 Å². The average molecular weight is 629 g/mol. The molecular weight excluding hydrogens is 604 g/mol. The second kappa shape index (κ2) is 9.84. The van der Waals surface area contributed by atoms with Crippen LogP contribution >= 0.6 is 23.2 Å². The first-order chi connectivity index (χ1) is 23.3. The Bertz CT molecular complexity index is 2280. The lowest BCUT2D eigenvalue weighted by Crippen LogP contribution is -2.60. The largest absolute Gasteiger partial charge is 0.312 e. The van der Waals surface area contributed by atoms with Gasteiger partial charge in [0.1, 0.15) is 0 Å². The third kappa shape index (κ3) is 3.56. The fourth-order valence-corrected chi connectivity index (χ4v) is 11.3. The van der Waals surface area contributed by atoms with E-state index in [-0.39, 0.29) is 12.0 Å². The summed E-state index contributed by atoms with van der Waals surface area (Å²) in [7, 11) is 0. The van der Waals surface area contributed by atoms with E-state index in [9.17, 15) is 0 Å². The van der Waals surface area contributed by atoms with Crippen LogP contribution in [0.25, 0.3) is 44.5 Å². The van der Waals surface area contributed by atoms with Crippen LogP contribution in [0, 0.1) is 0 Å². The molecule has 4 aliphatic heterocycles. The van der Waals surface area contributed by atoms with Gasteiger partial charge in [-0.25, -0.2) is 0 Å². The van der Waals surface area contributed by atoms with Gasteiger partial charge >= 0.3 is 0 Å². The van der Waals surface area contributed by atoms with E-state index < -0.39 is 0 Å². The first kappa shape index (κ1) is 26.3. The van der Waals surface area contributed by atoms with Crippen LogP contribution in [0.1, 0.15) is 0 Å². The maximum absolute atomic E-state index is 2.65. The molecule has 1 nitrogen and oxygen atoms in total. The SMILES string of the molecule is c1ccc(-c2cc(-c3ccccc3)c3c4c2B2Sc5ccccc5-c5cccc(c52)N4c2cccc4c2B3Sc2ccccc2-4)cc1. The summed E-state index contributed by atoms with van der Waals surface area (Å²) < 4.78 is 0. The second-order valence-corrected chi connectivity index (χ2v) is 15.0. The fourth-order valence-electron chi connectivity index (χ4n) is 8.43. The summed E-state index contributed by atoms with van der Waals surface area (Å²) in [5.74, 6) is 0.346. The van der Waals surface area contributed by atoms with Crippen molar-refractivity contribution in [1.29, 1.82) is 0 Å². The highest BCUT2D eigenvalue weighted by Gasteiger charge is 2.49. The number of hydrogen-bond donors (Lipinski definition) is 0. The molecule has 0 fully saturated rings. The van der Waals surface area contributed by atoms with Gasteiger partial charge in [0.2, 0.25) is 0 Å². The van der Waals surface area contributed by atoms with E-state index in [2.05, 4.69) is 157 Å². The predicted octanol–water partition coefficient (Wildman–Crippen LogP) is 8.87. The Morgan fingerprint density at radius 3 is 1.28 bits per heavy atom. The zero-order valence-corrected chi connectivity index (χ0v) is 27.0. The molecule has 5 heteroatoms. The molecule has 0 aliphatic carbocycles. The van der Waals surface area contributed by atoms with Crippen LogP contribution in [0.2, 0.25) is 0 Å². The molecule has 0 atom stereocenters. The van der Waals surface area contributed by atoms with Gasteiger partial charge in [0.15, 0.2) is 0 Å². The molecule has 0 radical (unpaired) electrons. The third-order valence-corrected chi connectivity index (χ3v) is 12.9. The molecule has 0 amide bonds. The molecule has 0 spiro atoms. The Kier molecular flexibility index (Phi) is 5.50. The first-order valence-electron chi connectivity index (χ1n) is 16.2. The Morgan fingerprint density at radius 1 is 0.362 bits per heavy atom. The monoisotopic (exact) mass is 629 g/mol. The summed E-state index contributed by atoms with van der Waals surface area (Å²) >= 11 is 4.05. The average Bonchev–Trinajstić information content (AvgIpc) is 3.14. The summed E-state index contributed by atoms with van der Waals surface area (Å²) in [5.41, 5.74) is 20.3. The number of benzene rings is 7. The molecule has 216 valence electrons. The summed E-state index contributed by atoms with van der Waals surface area (Å²) in [4.78, 5) is 5.36. The van der Waals surface area contributed by atoms with Crippen molar-refractivity contribution < 1.29 is 0 Å². The molecule has 0 saturated heterocycles. The van der Waals surface area contributed by atoms with Gasteiger partial charge in [-0.3, -0.25) is 0 Å². The summed E-state index contributed by atoms with van der Waals surface area (Å²) in [6.07, 6.45) is 0. The van der Waals surface area contributed by atoms with Crippen LogP contribution in [0.4, 0.5) is 17.1 Å². The van der Waals surface area contributed by atoms with Gasteiger partial charge in [-0.05, 0) is 96.7 Å². The highest BCUT2D eigenvalue weighted by Crippen LogP contribution is 2.51. The predicted molar refractivity (Wildman–Crippen MR) is 205 cm³/mol. The van der Waals surface area contributed by atoms with E-state index >= 15 is 0 Å². The van der Waals surface area contributed by atoms with Crippen LogP contribution in [-0.2, 0) is 0 Å². The Morgan fingerprint density at radius 2 is 0.787 bits per heavy atom. The van der Waals surface area contributed by atoms with E-state index in [0.29, 0.717) is 0 Å². The molecule has 47 heavy (non-hydrogen) atoms. The van der Waals surface area contributed by atoms with Crippen molar-refractivity contribution in [1.82, 2.24) is 0 Å². The first-order valence-corrected chi connectivity index (χ1v) is 18.0. The van der Waals surface area contributed by atoms with E-state index in [1.807, 2.05) is 23.2 Å². The number of anilines is 3. The van der Waals surface area contributed by atoms with Crippen molar-refractivity contribution in [2.24, 2.45) is 0 Å². The van der Waals surface area contributed by atoms with Crippen molar-refractivity contribution >= 4 is 74.1 Å². The van der Waals surface area contributed by atoms with Gasteiger partial charge in [0.05, 0.1) is 0 Å². The quantitative estimate of drug-likeness (QED) is 0.176. The topological polar surface area (TPSA) is 3.24 Å². The van der Waals surface area contributed by atoms with Gasteiger partial charge in [-0.15, -0.1) is 0 Å². The number of nitrogens with zero attached hydrogens (tertiary/aromatic N) is 1. The standard InChI is InChI=1S/C42H25B2NS2/c1-3-13-26(14-4-1)32-25-33(27-15-5-2-6-16-27)41-42-40(32)43-38-30(28-17-7-9-23-36(28)46-43)19-11-21-34(38)45(42)35-22-12-20-31-29-18-8-10-24-37(29)47-44(41)39(31)35/h1-25H. The third-order valence-electron chi connectivity index (χ3n) is 10.3. The molecule has 7 aromatic rings. The molecule has 0 saturated carbocycles. The van der Waals surface area contributed by atoms with Crippen LogP contribution < -0.4 is 26.8 Å². The van der Waals surface area contributed by atoms with Crippen LogP contribution in [-0.4, -0.2) is 12.0 Å². The molecule has 4 heterocycles. The van der Waals surface area contributed by atoms with Crippen molar-refractivity contribution in [2.45, 2.75) is 9.79 Å². The van der Waals surface area contributed by atoms with Crippen molar-refractivity contribution in [3.05, 3.63) is 152 Å². The van der Waals surface area contributed by atoms with E-state index in [4.69, 9.17) is 0 Å². The van der Waals surface area contributed by atoms with Crippen molar-refractivity contribution in [2.75, 3.05) is 4.90 Å². The minimum atomic E-state index is 0.173. The van der Waals surface area contributed by atoms with Gasteiger partial charge in [0, 0.05) is 26.9 Å². The van der Waals surface area contributed by atoms with E-state index in [1.165, 1.54) is 93.2 Å². The van der Waals surface area contributed by atoms with Crippen molar-refractivity contribution in [3.63, 3.8) is 0 Å². The van der Waals surface area contributed by atoms with E-state index in [0.717, 1.165) is 0 Å². The maximum atomic E-state index is 2.65. The zero-order valence-electron chi connectivity index (χ0n) is 25.4. The Labute approximate surface area is 283 Å². The number of rotatable bonds is 2. The maximum Gasteiger partial charge on any atom is 0.286 e. The van der Waals surface area contributed by atoms with Gasteiger partial charge in [-0.2, -0.15) is 23.2 Å². The number of hydrogen-bond acceptors (Lipinski definition) is 3. The molecule has 0 aromatic heterocycles. The highest BCUT2D eigenvalue weighted by molar-refractivity contribution is 8.29. The summed E-state index contributed by atoms with van der Waals surface area (Å²) in [5, 5.41) is 0. The second-order valence-electron chi connectivity index (χ2n) is 12.7. The molecule has 0 bridgehead atoms. The minimum Gasteiger partial charge on any atom is -0.312 e. The molecule has 0 N–H and O–H groups in total. The Balaban J connectivity index is 1.33. The fraction of sp³-hybridized carbons (Fsp3) is 0.